The summed E-state index contributed by atoms with van der Waals surface area (Å²) in [6, 6.07) is 49.4. The summed E-state index contributed by atoms with van der Waals surface area (Å²) in [5.41, 5.74) is 8.38. The molecule has 0 aliphatic rings. The van der Waals surface area contributed by atoms with Gasteiger partial charge in [0.05, 0.1) is 16.7 Å². The second-order valence-corrected chi connectivity index (χ2v) is 12.1. The second kappa shape index (κ2) is 13.8. The zero-order chi connectivity index (χ0) is 35.5. The SMILES string of the molecule is O=C(O)c1cc(-c2cc(-c3ccc(-c4ccccc4)c(C(=O)O)c3)cc(-c3ccc(-c4ccccc4)c(C(=O)O)c3)c2)ccc1-c1ccccc1. The molecule has 0 aromatic heterocycles. The number of carbonyl (C=O) groups is 3. The highest BCUT2D eigenvalue weighted by Gasteiger charge is 2.19. The van der Waals surface area contributed by atoms with Gasteiger partial charge in [-0.2, -0.15) is 0 Å². The van der Waals surface area contributed by atoms with E-state index in [4.69, 9.17) is 0 Å². The molecule has 0 aliphatic carbocycles. The molecule has 0 aliphatic heterocycles. The number of hydrogen-bond donors (Lipinski definition) is 3. The molecule has 3 N–H and O–H groups in total. The van der Waals surface area contributed by atoms with Gasteiger partial charge in [0.2, 0.25) is 0 Å². The van der Waals surface area contributed by atoms with Crippen LogP contribution in [-0.4, -0.2) is 33.2 Å². The largest absolute Gasteiger partial charge is 0.478 e. The molecule has 51 heavy (non-hydrogen) atoms. The Balaban J connectivity index is 1.43. The zero-order valence-corrected chi connectivity index (χ0v) is 27.2. The maximum absolute atomic E-state index is 12.5. The first-order valence-electron chi connectivity index (χ1n) is 16.2. The molecule has 0 heterocycles. The Morgan fingerprint density at radius 1 is 0.275 bits per heavy atom. The van der Waals surface area contributed by atoms with Crippen LogP contribution in [0, 0.1) is 0 Å². The van der Waals surface area contributed by atoms with E-state index in [-0.39, 0.29) is 16.7 Å². The molecule has 0 saturated carbocycles. The molecular formula is C45H30O6. The van der Waals surface area contributed by atoms with Crippen LogP contribution < -0.4 is 0 Å². The normalized spacial score (nSPS) is 10.8. The van der Waals surface area contributed by atoms with E-state index in [0.29, 0.717) is 50.1 Å². The molecule has 0 amide bonds. The van der Waals surface area contributed by atoms with E-state index in [1.165, 1.54) is 0 Å². The molecule has 7 aromatic rings. The second-order valence-electron chi connectivity index (χ2n) is 12.1. The van der Waals surface area contributed by atoms with E-state index in [1.54, 1.807) is 36.4 Å². The lowest BCUT2D eigenvalue weighted by molar-refractivity contribution is 0.0687. The highest BCUT2D eigenvalue weighted by molar-refractivity contribution is 6.00. The molecule has 0 unspecified atom stereocenters. The van der Waals surface area contributed by atoms with Crippen LogP contribution in [0.2, 0.25) is 0 Å². The molecular weight excluding hydrogens is 636 g/mol. The third-order valence-electron chi connectivity index (χ3n) is 8.94. The minimum absolute atomic E-state index is 0.131. The first-order valence-corrected chi connectivity index (χ1v) is 16.2. The summed E-state index contributed by atoms with van der Waals surface area (Å²) in [6.07, 6.45) is 0. The van der Waals surface area contributed by atoms with Gasteiger partial charge in [-0.05, 0) is 103 Å². The van der Waals surface area contributed by atoms with Crippen LogP contribution in [0.1, 0.15) is 31.1 Å². The number of carboxylic acid groups (broad SMARTS) is 3. The fraction of sp³-hybridized carbons (Fsp3) is 0. The van der Waals surface area contributed by atoms with E-state index in [1.807, 2.05) is 127 Å². The third kappa shape index (κ3) is 6.67. The number of hydrogen-bond acceptors (Lipinski definition) is 3. The van der Waals surface area contributed by atoms with Crippen molar-refractivity contribution in [3.05, 3.63) is 180 Å². The number of benzene rings is 7. The monoisotopic (exact) mass is 666 g/mol. The average Bonchev–Trinajstić information content (AvgIpc) is 3.18. The van der Waals surface area contributed by atoms with Gasteiger partial charge in [0.1, 0.15) is 0 Å². The summed E-state index contributed by atoms with van der Waals surface area (Å²) in [6.45, 7) is 0. The third-order valence-corrected chi connectivity index (χ3v) is 8.94. The fourth-order valence-corrected chi connectivity index (χ4v) is 6.44. The van der Waals surface area contributed by atoms with E-state index >= 15 is 0 Å². The van der Waals surface area contributed by atoms with Gasteiger partial charge in [-0.1, -0.05) is 127 Å². The highest BCUT2D eigenvalue weighted by atomic mass is 16.4. The lowest BCUT2D eigenvalue weighted by atomic mass is 9.88. The maximum atomic E-state index is 12.5. The van der Waals surface area contributed by atoms with Crippen LogP contribution in [0.15, 0.2) is 164 Å². The van der Waals surface area contributed by atoms with Crippen molar-refractivity contribution in [1.29, 1.82) is 0 Å². The Morgan fingerprint density at radius 2 is 0.529 bits per heavy atom. The van der Waals surface area contributed by atoms with Crippen molar-refractivity contribution in [3.8, 4) is 66.8 Å². The van der Waals surface area contributed by atoms with Gasteiger partial charge in [0.25, 0.3) is 0 Å². The number of aromatic carboxylic acids is 3. The Hall–Kier alpha value is -7.05. The van der Waals surface area contributed by atoms with Crippen molar-refractivity contribution in [2.75, 3.05) is 0 Å². The van der Waals surface area contributed by atoms with Crippen LogP contribution in [0.25, 0.3) is 66.8 Å². The van der Waals surface area contributed by atoms with E-state index in [0.717, 1.165) is 16.7 Å². The predicted octanol–water partition coefficient (Wildman–Crippen LogP) is 10.8. The molecule has 246 valence electrons. The topological polar surface area (TPSA) is 112 Å². The van der Waals surface area contributed by atoms with Gasteiger partial charge in [0, 0.05) is 0 Å². The van der Waals surface area contributed by atoms with Crippen molar-refractivity contribution in [3.63, 3.8) is 0 Å². The first-order chi connectivity index (χ1) is 24.8. The van der Waals surface area contributed by atoms with Gasteiger partial charge in [0.15, 0.2) is 0 Å². The Kier molecular flexibility index (Phi) is 8.81. The summed E-state index contributed by atoms with van der Waals surface area (Å²) < 4.78 is 0. The summed E-state index contributed by atoms with van der Waals surface area (Å²) in [4.78, 5) is 37.6. The van der Waals surface area contributed by atoms with Crippen LogP contribution in [0.5, 0.6) is 0 Å². The molecule has 0 spiro atoms. The van der Waals surface area contributed by atoms with Crippen molar-refractivity contribution < 1.29 is 29.7 Å². The maximum Gasteiger partial charge on any atom is 0.336 e. The molecule has 0 atom stereocenters. The van der Waals surface area contributed by atoms with Gasteiger partial charge in [-0.15, -0.1) is 0 Å². The Morgan fingerprint density at radius 3 is 0.765 bits per heavy atom. The minimum Gasteiger partial charge on any atom is -0.478 e. The number of carboxylic acids is 3. The van der Waals surface area contributed by atoms with Crippen LogP contribution in [0.3, 0.4) is 0 Å². The summed E-state index contributed by atoms with van der Waals surface area (Å²) in [5.74, 6) is -3.22. The molecule has 0 saturated heterocycles. The van der Waals surface area contributed by atoms with Crippen molar-refractivity contribution in [2.24, 2.45) is 0 Å². The Bertz CT molecular complexity index is 2150. The lowest BCUT2D eigenvalue weighted by Crippen LogP contribution is -2.01. The molecule has 7 aromatic carbocycles. The minimum atomic E-state index is -1.07. The lowest BCUT2D eigenvalue weighted by Gasteiger charge is -2.15. The van der Waals surface area contributed by atoms with Gasteiger partial charge in [-0.3, -0.25) is 0 Å². The molecule has 0 bridgehead atoms. The first kappa shape index (κ1) is 32.5. The Labute approximate surface area is 294 Å². The molecule has 0 radical (unpaired) electrons. The summed E-state index contributed by atoms with van der Waals surface area (Å²) >= 11 is 0. The van der Waals surface area contributed by atoms with Crippen LogP contribution >= 0.6 is 0 Å². The molecule has 0 fully saturated rings. The van der Waals surface area contributed by atoms with Crippen molar-refractivity contribution >= 4 is 17.9 Å². The van der Waals surface area contributed by atoms with E-state index < -0.39 is 17.9 Å². The van der Waals surface area contributed by atoms with Crippen molar-refractivity contribution in [2.45, 2.75) is 0 Å². The average molecular weight is 667 g/mol. The van der Waals surface area contributed by atoms with Gasteiger partial charge in [-0.25, -0.2) is 14.4 Å². The van der Waals surface area contributed by atoms with Gasteiger partial charge >= 0.3 is 17.9 Å². The van der Waals surface area contributed by atoms with Crippen LogP contribution in [0.4, 0.5) is 0 Å². The zero-order valence-electron chi connectivity index (χ0n) is 27.2. The van der Waals surface area contributed by atoms with Gasteiger partial charge < -0.3 is 15.3 Å². The summed E-state index contributed by atoms with van der Waals surface area (Å²) in [5, 5.41) is 30.8. The van der Waals surface area contributed by atoms with Crippen LogP contribution in [-0.2, 0) is 0 Å². The quantitative estimate of drug-likeness (QED) is 0.141. The summed E-state index contributed by atoms with van der Waals surface area (Å²) in [7, 11) is 0. The molecule has 7 rings (SSSR count). The fourth-order valence-electron chi connectivity index (χ4n) is 6.44. The molecule has 6 nitrogen and oxygen atoms in total. The smallest absolute Gasteiger partial charge is 0.336 e. The van der Waals surface area contributed by atoms with E-state index in [9.17, 15) is 29.7 Å². The van der Waals surface area contributed by atoms with E-state index in [2.05, 4.69) is 0 Å². The highest BCUT2D eigenvalue weighted by Crippen LogP contribution is 2.38. The van der Waals surface area contributed by atoms with Crippen molar-refractivity contribution in [1.82, 2.24) is 0 Å². The number of rotatable bonds is 9. The predicted molar refractivity (Wildman–Crippen MR) is 200 cm³/mol. The molecule has 6 heteroatoms. The standard InChI is InChI=1S/C45H30O6/c46-43(47)40-25-31(16-19-37(40)28-10-4-1-5-11-28)34-22-35(32-17-20-38(41(26-32)44(48)49)29-12-6-2-7-13-29)24-36(23-34)33-18-21-39(42(27-33)45(50)51)30-14-8-3-9-15-30/h1-27H,(H,46,47)(H,48,49)(H,50,51).